The van der Waals surface area contributed by atoms with E-state index >= 15 is 0 Å². The Kier molecular flexibility index (Phi) is 1.78. The summed E-state index contributed by atoms with van der Waals surface area (Å²) in [6.45, 7) is 3.25. The van der Waals surface area contributed by atoms with Gasteiger partial charge in [-0.3, -0.25) is 4.98 Å². The van der Waals surface area contributed by atoms with Crippen molar-refractivity contribution in [2.75, 3.05) is 0 Å². The van der Waals surface area contributed by atoms with Crippen molar-refractivity contribution >= 4 is 11.7 Å². The van der Waals surface area contributed by atoms with Gasteiger partial charge in [0.1, 0.15) is 5.82 Å². The van der Waals surface area contributed by atoms with E-state index in [2.05, 4.69) is 27.4 Å². The predicted octanol–water partition coefficient (Wildman–Crippen LogP) is 0.257. The van der Waals surface area contributed by atoms with Crippen LogP contribution in [0.3, 0.4) is 0 Å². The zero-order valence-electron chi connectivity index (χ0n) is 5.16. The van der Waals surface area contributed by atoms with Crippen LogP contribution in [-0.4, -0.2) is 15.8 Å². The van der Waals surface area contributed by atoms with E-state index in [1.807, 2.05) is 0 Å². The van der Waals surface area contributed by atoms with Gasteiger partial charge in [-0.1, -0.05) is 0 Å². The molecule has 0 aliphatic heterocycles. The Morgan fingerprint density at radius 3 is 3.20 bits per heavy atom. The second-order valence-corrected chi connectivity index (χ2v) is 1.53. The van der Waals surface area contributed by atoms with Crippen molar-refractivity contribution in [3.8, 4) is 0 Å². The summed E-state index contributed by atoms with van der Waals surface area (Å²) in [5.74, 6) is 2.70. The van der Waals surface area contributed by atoms with Crippen LogP contribution in [0.5, 0.6) is 0 Å². The zero-order chi connectivity index (χ0) is 7.40. The number of H-pyrrole nitrogens is 1. The van der Waals surface area contributed by atoms with Crippen molar-refractivity contribution in [1.29, 1.82) is 0 Å². The molecule has 0 saturated heterocycles. The first kappa shape index (κ1) is 6.45. The SMILES string of the molecule is C=C=Nc1ccnc(=O)[nH]1. The first-order chi connectivity index (χ1) is 4.83. The molecule has 1 rings (SSSR count). The smallest absolute Gasteiger partial charge is 0.290 e. The average molecular weight is 135 g/mol. The molecule has 4 nitrogen and oxygen atoms in total. The lowest BCUT2D eigenvalue weighted by molar-refractivity contribution is 1.07. The molecule has 0 aromatic carbocycles. The maximum atomic E-state index is 10.5. The van der Waals surface area contributed by atoms with E-state index < -0.39 is 5.69 Å². The summed E-state index contributed by atoms with van der Waals surface area (Å²) in [4.78, 5) is 19.9. The summed E-state index contributed by atoms with van der Waals surface area (Å²) in [6, 6.07) is 1.56. The number of hydrogen-bond acceptors (Lipinski definition) is 3. The largest absolute Gasteiger partial charge is 0.346 e. The van der Waals surface area contributed by atoms with Gasteiger partial charge in [-0.15, -0.1) is 0 Å². The highest BCUT2D eigenvalue weighted by Crippen LogP contribution is 1.97. The fraction of sp³-hybridized carbons (Fsp3) is 0. The fourth-order valence-corrected chi connectivity index (χ4v) is 0.509. The van der Waals surface area contributed by atoms with Gasteiger partial charge in [0.2, 0.25) is 0 Å². The van der Waals surface area contributed by atoms with Gasteiger partial charge in [-0.2, -0.15) is 4.99 Å². The summed E-state index contributed by atoms with van der Waals surface area (Å²) in [7, 11) is 0. The van der Waals surface area contributed by atoms with Crippen molar-refractivity contribution in [2.24, 2.45) is 4.99 Å². The summed E-state index contributed by atoms with van der Waals surface area (Å²) in [5.41, 5.74) is -0.420. The second-order valence-electron chi connectivity index (χ2n) is 1.53. The van der Waals surface area contributed by atoms with Crippen molar-refractivity contribution in [3.63, 3.8) is 0 Å². The molecule has 50 valence electrons. The topological polar surface area (TPSA) is 58.1 Å². The Bertz CT molecular complexity index is 322. The van der Waals surface area contributed by atoms with Crippen LogP contribution < -0.4 is 5.69 Å². The van der Waals surface area contributed by atoms with Gasteiger partial charge < -0.3 is 0 Å². The molecule has 1 heterocycles. The minimum Gasteiger partial charge on any atom is -0.290 e. The lowest BCUT2D eigenvalue weighted by Crippen LogP contribution is -2.07. The second kappa shape index (κ2) is 2.75. The van der Waals surface area contributed by atoms with Crippen LogP contribution >= 0.6 is 0 Å². The van der Waals surface area contributed by atoms with E-state index in [9.17, 15) is 4.79 Å². The molecule has 0 aliphatic carbocycles. The third kappa shape index (κ3) is 1.40. The number of nitrogens with zero attached hydrogens (tertiary/aromatic N) is 2. The lowest BCUT2D eigenvalue weighted by atomic mass is 10.6. The zero-order valence-corrected chi connectivity index (χ0v) is 5.16. The maximum Gasteiger partial charge on any atom is 0.346 e. The number of aromatic amines is 1. The third-order valence-electron chi connectivity index (χ3n) is 0.859. The van der Waals surface area contributed by atoms with Crippen LogP contribution in [0.15, 0.2) is 28.6 Å². The molecule has 0 radical (unpaired) electrons. The first-order valence-corrected chi connectivity index (χ1v) is 2.61. The summed E-state index contributed by atoms with van der Waals surface area (Å²) < 4.78 is 0. The highest BCUT2D eigenvalue weighted by molar-refractivity contribution is 5.52. The van der Waals surface area contributed by atoms with E-state index in [4.69, 9.17) is 0 Å². The van der Waals surface area contributed by atoms with Gasteiger partial charge in [0.25, 0.3) is 0 Å². The highest BCUT2D eigenvalue weighted by Gasteiger charge is 1.85. The van der Waals surface area contributed by atoms with Crippen LogP contribution in [0.4, 0.5) is 5.82 Å². The molecule has 0 fully saturated rings. The van der Waals surface area contributed by atoms with Crippen LogP contribution in [0.25, 0.3) is 0 Å². The Hall–Kier alpha value is -1.67. The van der Waals surface area contributed by atoms with Crippen molar-refractivity contribution in [2.45, 2.75) is 0 Å². The van der Waals surface area contributed by atoms with E-state index in [0.717, 1.165) is 0 Å². The molecule has 0 atom stereocenters. The van der Waals surface area contributed by atoms with Gasteiger partial charge in [-0.05, 0) is 12.4 Å². The minimum atomic E-state index is -0.420. The number of aliphatic imine (C=N–C) groups is 1. The van der Waals surface area contributed by atoms with Gasteiger partial charge in [0.05, 0.1) is 0 Å². The molecule has 10 heavy (non-hydrogen) atoms. The molecule has 1 aromatic heterocycles. The molecular formula is C6H5N3O. The average Bonchev–Trinajstić information content (AvgIpc) is 1.88. The van der Waals surface area contributed by atoms with E-state index in [0.29, 0.717) is 5.82 Å². The molecule has 1 aromatic rings. The molecule has 0 unspecified atom stereocenters. The van der Waals surface area contributed by atoms with Crippen LogP contribution in [-0.2, 0) is 0 Å². The minimum absolute atomic E-state index is 0.412. The molecule has 1 N–H and O–H groups in total. The summed E-state index contributed by atoms with van der Waals surface area (Å²) >= 11 is 0. The van der Waals surface area contributed by atoms with Crippen LogP contribution in [0, 0.1) is 0 Å². The number of rotatable bonds is 1. The quantitative estimate of drug-likeness (QED) is 0.561. The monoisotopic (exact) mass is 135 g/mol. The van der Waals surface area contributed by atoms with E-state index in [1.54, 1.807) is 6.07 Å². The number of hydrogen-bond donors (Lipinski definition) is 1. The van der Waals surface area contributed by atoms with Gasteiger partial charge >= 0.3 is 5.69 Å². The number of nitrogens with one attached hydrogen (secondary N) is 1. The fourth-order valence-electron chi connectivity index (χ4n) is 0.509. The van der Waals surface area contributed by atoms with E-state index in [1.165, 1.54) is 6.20 Å². The van der Waals surface area contributed by atoms with Gasteiger partial charge in [0.15, 0.2) is 0 Å². The first-order valence-electron chi connectivity index (χ1n) is 2.61. The van der Waals surface area contributed by atoms with Crippen molar-refractivity contribution in [1.82, 2.24) is 9.97 Å². The predicted molar refractivity (Wildman–Crippen MR) is 37.6 cm³/mol. The van der Waals surface area contributed by atoms with Gasteiger partial charge in [-0.25, -0.2) is 9.78 Å². The molecule has 0 saturated carbocycles. The Balaban J connectivity index is 3.19. The van der Waals surface area contributed by atoms with Crippen molar-refractivity contribution in [3.05, 3.63) is 29.3 Å². The Morgan fingerprint density at radius 1 is 1.80 bits per heavy atom. The van der Waals surface area contributed by atoms with Crippen LogP contribution in [0.1, 0.15) is 0 Å². The molecule has 4 heteroatoms. The molecule has 0 spiro atoms. The molecule has 0 aliphatic rings. The normalized spacial score (nSPS) is 8.40. The van der Waals surface area contributed by atoms with E-state index in [-0.39, 0.29) is 0 Å². The summed E-state index contributed by atoms with van der Waals surface area (Å²) in [6.07, 6.45) is 1.37. The third-order valence-corrected chi connectivity index (χ3v) is 0.859. The van der Waals surface area contributed by atoms with Gasteiger partial charge in [0, 0.05) is 12.3 Å². The standard InChI is InChI=1S/C6H5N3O/c1-2-7-5-3-4-8-6(10)9-5/h3-4H,1H2,(H,8,9,10). The summed E-state index contributed by atoms with van der Waals surface area (Å²) in [5, 5.41) is 0. The Labute approximate surface area is 57.0 Å². The lowest BCUT2D eigenvalue weighted by Gasteiger charge is -1.85. The highest BCUT2D eigenvalue weighted by atomic mass is 16.1. The molecule has 0 bridgehead atoms. The van der Waals surface area contributed by atoms with Crippen LogP contribution in [0.2, 0.25) is 0 Å². The maximum absolute atomic E-state index is 10.5. The number of aromatic nitrogens is 2. The Morgan fingerprint density at radius 2 is 2.60 bits per heavy atom. The molecule has 0 amide bonds. The molecular weight excluding hydrogens is 130 g/mol. The van der Waals surface area contributed by atoms with Crippen molar-refractivity contribution < 1.29 is 0 Å².